The molecule has 0 aliphatic carbocycles. The quantitative estimate of drug-likeness (QED) is 0.792. The number of halogens is 1. The summed E-state index contributed by atoms with van der Waals surface area (Å²) in [6, 6.07) is 7.06. The van der Waals surface area contributed by atoms with Crippen LogP contribution in [0.4, 0.5) is 0 Å². The molecule has 0 spiro atoms. The Balaban J connectivity index is 2.98. The maximum absolute atomic E-state index is 3.68. The Morgan fingerprint density at radius 3 is 2.59 bits per heavy atom. The van der Waals surface area contributed by atoms with Gasteiger partial charge >= 0.3 is 0 Å². The molecule has 17 heavy (non-hydrogen) atoms. The van der Waals surface area contributed by atoms with Crippen molar-refractivity contribution in [3.63, 3.8) is 0 Å². The van der Waals surface area contributed by atoms with Crippen LogP contribution in [0.3, 0.4) is 0 Å². The zero-order chi connectivity index (χ0) is 12.8. The van der Waals surface area contributed by atoms with Gasteiger partial charge in [-0.05, 0) is 37.4 Å². The molecule has 2 unspecified atom stereocenters. The van der Waals surface area contributed by atoms with Gasteiger partial charge in [-0.3, -0.25) is 0 Å². The van der Waals surface area contributed by atoms with Gasteiger partial charge in [0.05, 0.1) is 0 Å². The van der Waals surface area contributed by atoms with Gasteiger partial charge in [-0.15, -0.1) is 0 Å². The molecule has 96 valence electrons. The van der Waals surface area contributed by atoms with Crippen LogP contribution in [0.2, 0.25) is 0 Å². The van der Waals surface area contributed by atoms with Crippen LogP contribution in [0.1, 0.15) is 50.8 Å². The predicted molar refractivity (Wildman–Crippen MR) is 79.4 cm³/mol. The van der Waals surface area contributed by atoms with E-state index < -0.39 is 0 Å². The third-order valence-corrected chi connectivity index (χ3v) is 4.04. The molecule has 1 rings (SSSR count). The molecule has 1 N–H and O–H groups in total. The molecule has 1 nitrogen and oxygen atoms in total. The molecule has 2 heteroatoms. The summed E-state index contributed by atoms with van der Waals surface area (Å²) in [5.41, 5.74) is 2.72. The minimum absolute atomic E-state index is 0.453. The van der Waals surface area contributed by atoms with Gasteiger partial charge in [0.1, 0.15) is 0 Å². The second-order valence-corrected chi connectivity index (χ2v) is 5.70. The van der Waals surface area contributed by atoms with Gasteiger partial charge in [0.25, 0.3) is 0 Å². The second kappa shape index (κ2) is 7.17. The fraction of sp³-hybridized carbons (Fsp3) is 0.600. The van der Waals surface area contributed by atoms with E-state index in [1.807, 2.05) is 0 Å². The molecule has 0 bridgehead atoms. The monoisotopic (exact) mass is 297 g/mol. The Morgan fingerprint density at radius 2 is 2.00 bits per heavy atom. The van der Waals surface area contributed by atoms with Crippen molar-refractivity contribution in [2.24, 2.45) is 5.92 Å². The van der Waals surface area contributed by atoms with Gasteiger partial charge in [-0.2, -0.15) is 0 Å². The van der Waals surface area contributed by atoms with Crippen molar-refractivity contribution in [3.05, 3.63) is 33.8 Å². The Labute approximate surface area is 114 Å². The average Bonchev–Trinajstić information content (AvgIpc) is 2.33. The van der Waals surface area contributed by atoms with Crippen molar-refractivity contribution in [2.75, 3.05) is 6.54 Å². The summed E-state index contributed by atoms with van der Waals surface area (Å²) < 4.78 is 1.22. The summed E-state index contributed by atoms with van der Waals surface area (Å²) in [4.78, 5) is 0. The lowest BCUT2D eigenvalue weighted by Gasteiger charge is -2.26. The molecule has 1 aromatic carbocycles. The molecular weight excluding hydrogens is 274 g/mol. The Hall–Kier alpha value is -0.340. The lowest BCUT2D eigenvalue weighted by atomic mass is 9.91. The van der Waals surface area contributed by atoms with E-state index >= 15 is 0 Å². The molecule has 0 saturated carbocycles. The second-order valence-electron chi connectivity index (χ2n) is 4.84. The molecule has 0 amide bonds. The van der Waals surface area contributed by atoms with Crippen LogP contribution in [-0.4, -0.2) is 6.54 Å². The van der Waals surface area contributed by atoms with Crippen molar-refractivity contribution in [2.45, 2.75) is 46.6 Å². The van der Waals surface area contributed by atoms with Crippen LogP contribution >= 0.6 is 15.9 Å². The summed E-state index contributed by atoms with van der Waals surface area (Å²) in [6.45, 7) is 10.0. The zero-order valence-corrected chi connectivity index (χ0v) is 13.0. The molecule has 0 aliphatic rings. The Morgan fingerprint density at radius 1 is 1.29 bits per heavy atom. The van der Waals surface area contributed by atoms with Crippen LogP contribution in [0, 0.1) is 12.8 Å². The fourth-order valence-corrected chi connectivity index (χ4v) is 2.55. The third kappa shape index (κ3) is 4.11. The van der Waals surface area contributed by atoms with Crippen molar-refractivity contribution >= 4 is 15.9 Å². The highest BCUT2D eigenvalue weighted by Gasteiger charge is 2.19. The van der Waals surface area contributed by atoms with Gasteiger partial charge in [0.2, 0.25) is 0 Å². The number of benzene rings is 1. The Bertz CT molecular complexity index is 349. The first-order valence-corrected chi connectivity index (χ1v) is 7.38. The number of hydrogen-bond donors (Lipinski definition) is 1. The molecule has 1 aromatic rings. The molecule has 0 heterocycles. The smallest absolute Gasteiger partial charge is 0.0357 e. The van der Waals surface area contributed by atoms with Crippen molar-refractivity contribution in [3.8, 4) is 0 Å². The van der Waals surface area contributed by atoms with Crippen LogP contribution < -0.4 is 5.32 Å². The van der Waals surface area contributed by atoms with Gasteiger partial charge in [0, 0.05) is 10.5 Å². The summed E-state index contributed by atoms with van der Waals surface area (Å²) >= 11 is 3.68. The van der Waals surface area contributed by atoms with E-state index in [0.29, 0.717) is 12.0 Å². The highest BCUT2D eigenvalue weighted by atomic mass is 79.9. The predicted octanol–water partition coefficient (Wildman–Crippen LogP) is 4.84. The van der Waals surface area contributed by atoms with E-state index in [4.69, 9.17) is 0 Å². The van der Waals surface area contributed by atoms with Crippen LogP contribution in [-0.2, 0) is 0 Å². The highest BCUT2D eigenvalue weighted by molar-refractivity contribution is 9.10. The number of hydrogen-bond acceptors (Lipinski definition) is 1. The molecular formula is C15H24BrN. The average molecular weight is 298 g/mol. The molecule has 2 atom stereocenters. The van der Waals surface area contributed by atoms with Gasteiger partial charge in [0.15, 0.2) is 0 Å². The van der Waals surface area contributed by atoms with E-state index in [0.717, 1.165) is 6.54 Å². The first-order valence-electron chi connectivity index (χ1n) is 6.59. The lowest BCUT2D eigenvalue weighted by Crippen LogP contribution is -2.27. The van der Waals surface area contributed by atoms with Crippen molar-refractivity contribution < 1.29 is 0 Å². The van der Waals surface area contributed by atoms with E-state index in [1.54, 1.807) is 0 Å². The first-order chi connectivity index (χ1) is 8.10. The van der Waals surface area contributed by atoms with Gasteiger partial charge in [-0.1, -0.05) is 60.8 Å². The minimum Gasteiger partial charge on any atom is -0.310 e. The van der Waals surface area contributed by atoms with Gasteiger partial charge < -0.3 is 5.32 Å². The maximum atomic E-state index is 3.68. The third-order valence-electron chi connectivity index (χ3n) is 3.31. The summed E-state index contributed by atoms with van der Waals surface area (Å²) in [5.74, 6) is 0.652. The molecule has 0 fully saturated rings. The largest absolute Gasteiger partial charge is 0.310 e. The lowest BCUT2D eigenvalue weighted by molar-refractivity contribution is 0.376. The SMILES string of the molecule is CCCNC(c1cc(C)ccc1Br)C(C)CC. The van der Waals surface area contributed by atoms with Crippen molar-refractivity contribution in [1.82, 2.24) is 5.32 Å². The molecule has 0 aromatic heterocycles. The van der Waals surface area contributed by atoms with E-state index in [-0.39, 0.29) is 0 Å². The highest BCUT2D eigenvalue weighted by Crippen LogP contribution is 2.31. The summed E-state index contributed by atoms with van der Waals surface area (Å²) in [5, 5.41) is 3.67. The normalized spacial score (nSPS) is 14.6. The number of nitrogens with one attached hydrogen (secondary N) is 1. The Kier molecular flexibility index (Phi) is 6.21. The van der Waals surface area contributed by atoms with Crippen LogP contribution in [0.5, 0.6) is 0 Å². The van der Waals surface area contributed by atoms with E-state index in [9.17, 15) is 0 Å². The fourth-order valence-electron chi connectivity index (χ4n) is 2.05. The number of aryl methyl sites for hydroxylation is 1. The van der Waals surface area contributed by atoms with Gasteiger partial charge in [-0.25, -0.2) is 0 Å². The molecule has 0 aliphatic heterocycles. The molecule has 0 radical (unpaired) electrons. The van der Waals surface area contributed by atoms with Crippen LogP contribution in [0.15, 0.2) is 22.7 Å². The maximum Gasteiger partial charge on any atom is 0.0357 e. The number of rotatable bonds is 6. The molecule has 0 saturated heterocycles. The first kappa shape index (κ1) is 14.7. The van der Waals surface area contributed by atoms with Crippen LogP contribution in [0.25, 0.3) is 0 Å². The standard InChI is InChI=1S/C15H24BrN/c1-5-9-17-15(12(4)6-2)13-10-11(3)7-8-14(13)16/h7-8,10,12,15,17H,5-6,9H2,1-4H3. The summed E-state index contributed by atoms with van der Waals surface area (Å²) in [6.07, 6.45) is 2.37. The minimum atomic E-state index is 0.453. The van der Waals surface area contributed by atoms with E-state index in [1.165, 1.54) is 28.4 Å². The van der Waals surface area contributed by atoms with Crippen molar-refractivity contribution in [1.29, 1.82) is 0 Å². The topological polar surface area (TPSA) is 12.0 Å². The van der Waals surface area contributed by atoms with E-state index in [2.05, 4.69) is 67.1 Å². The summed E-state index contributed by atoms with van der Waals surface area (Å²) in [7, 11) is 0. The zero-order valence-electron chi connectivity index (χ0n) is 11.4.